The number of aliphatic hydroxyl groups is 1. The molecule has 1 rings (SSSR count). The van der Waals surface area contributed by atoms with Gasteiger partial charge in [-0.3, -0.25) is 14.9 Å². The van der Waals surface area contributed by atoms with Gasteiger partial charge in [-0.1, -0.05) is 6.07 Å². The lowest BCUT2D eigenvalue weighted by Gasteiger charge is -2.29. The summed E-state index contributed by atoms with van der Waals surface area (Å²) in [5.74, 6) is -0.600. The van der Waals surface area contributed by atoms with E-state index < -0.39 is 22.5 Å². The highest BCUT2D eigenvalue weighted by Crippen LogP contribution is 2.31. The maximum atomic E-state index is 12.3. The van der Waals surface area contributed by atoms with E-state index >= 15 is 0 Å². The minimum Gasteiger partial charge on any atom is -0.487 e. The van der Waals surface area contributed by atoms with E-state index in [1.54, 1.807) is 27.7 Å². The second-order valence-corrected chi connectivity index (χ2v) is 5.20. The Bertz CT molecular complexity index is 540. The molecule has 0 saturated heterocycles. The molecule has 116 valence electrons. The van der Waals surface area contributed by atoms with Gasteiger partial charge in [0.15, 0.2) is 0 Å². The van der Waals surface area contributed by atoms with Crippen molar-refractivity contribution in [3.63, 3.8) is 0 Å². The summed E-state index contributed by atoms with van der Waals surface area (Å²) in [6.45, 7) is 6.75. The van der Waals surface area contributed by atoms with Gasteiger partial charge in [0.25, 0.3) is 5.91 Å². The highest BCUT2D eigenvalue weighted by Gasteiger charge is 2.29. The molecular formula is C14H20N2O5. The minimum absolute atomic E-state index is 0.0658. The average Bonchev–Trinajstić information content (AvgIpc) is 2.38. The van der Waals surface area contributed by atoms with Gasteiger partial charge in [-0.25, -0.2) is 0 Å². The highest BCUT2D eigenvalue weighted by atomic mass is 16.6. The lowest BCUT2D eigenvalue weighted by atomic mass is 9.98. The van der Waals surface area contributed by atoms with Crippen LogP contribution in [0.3, 0.4) is 0 Å². The summed E-state index contributed by atoms with van der Waals surface area (Å²) >= 11 is 0. The summed E-state index contributed by atoms with van der Waals surface area (Å²) in [4.78, 5) is 22.7. The summed E-state index contributed by atoms with van der Waals surface area (Å²) in [6.07, 6.45) is -0.782. The van der Waals surface area contributed by atoms with Gasteiger partial charge in [-0.05, 0) is 33.8 Å². The molecule has 0 heterocycles. The number of nitrogens with zero attached hydrogens (tertiary/aromatic N) is 1. The number of nitro benzene ring substituents is 1. The summed E-state index contributed by atoms with van der Waals surface area (Å²) in [7, 11) is 0. The molecule has 0 fully saturated rings. The molecule has 1 atom stereocenters. The predicted molar refractivity (Wildman–Crippen MR) is 77.5 cm³/mol. The van der Waals surface area contributed by atoms with Crippen LogP contribution >= 0.6 is 0 Å². The monoisotopic (exact) mass is 296 g/mol. The molecule has 7 nitrogen and oxygen atoms in total. The van der Waals surface area contributed by atoms with E-state index in [0.717, 1.165) is 0 Å². The number of para-hydroxylation sites is 1. The van der Waals surface area contributed by atoms with Crippen molar-refractivity contribution in [2.75, 3.05) is 6.61 Å². The Morgan fingerprint density at radius 1 is 1.52 bits per heavy atom. The van der Waals surface area contributed by atoms with Crippen LogP contribution in [0, 0.1) is 10.1 Å². The molecule has 0 aliphatic carbocycles. The van der Waals surface area contributed by atoms with Crippen LogP contribution in [0.5, 0.6) is 5.75 Å². The van der Waals surface area contributed by atoms with Crippen LogP contribution in [0.2, 0.25) is 0 Å². The number of hydrogen-bond donors (Lipinski definition) is 2. The Labute approximate surface area is 123 Å². The van der Waals surface area contributed by atoms with Gasteiger partial charge in [0.1, 0.15) is 0 Å². The molecule has 0 saturated carbocycles. The third-order valence-electron chi connectivity index (χ3n) is 3.20. The minimum atomic E-state index is -0.870. The quantitative estimate of drug-likeness (QED) is 0.616. The van der Waals surface area contributed by atoms with Crippen molar-refractivity contribution >= 4 is 11.6 Å². The van der Waals surface area contributed by atoms with Crippen LogP contribution in [0.25, 0.3) is 0 Å². The first-order chi connectivity index (χ1) is 9.70. The standard InChI is InChI=1S/C14H20N2O5/c1-5-21-12-10(7-6-8-11(12)16(19)20)13(18)15-14(3,4)9(2)17/h6-9,17H,5H2,1-4H3,(H,15,18). The van der Waals surface area contributed by atoms with Crippen molar-refractivity contribution in [3.8, 4) is 5.75 Å². The van der Waals surface area contributed by atoms with Crippen molar-refractivity contribution in [1.82, 2.24) is 5.32 Å². The van der Waals surface area contributed by atoms with Gasteiger partial charge in [-0.2, -0.15) is 0 Å². The van der Waals surface area contributed by atoms with Crippen LogP contribution in [-0.4, -0.2) is 34.2 Å². The van der Waals surface area contributed by atoms with Gasteiger partial charge in [-0.15, -0.1) is 0 Å². The molecule has 1 aromatic rings. The van der Waals surface area contributed by atoms with E-state index in [0.29, 0.717) is 0 Å². The van der Waals surface area contributed by atoms with Crippen molar-refractivity contribution in [3.05, 3.63) is 33.9 Å². The smallest absolute Gasteiger partial charge is 0.311 e. The Balaban J connectivity index is 3.20. The molecule has 0 bridgehead atoms. The molecular weight excluding hydrogens is 276 g/mol. The van der Waals surface area contributed by atoms with Gasteiger partial charge in [0.05, 0.1) is 28.7 Å². The molecule has 2 N–H and O–H groups in total. The fraction of sp³-hybridized carbons (Fsp3) is 0.500. The van der Waals surface area contributed by atoms with Crippen LogP contribution in [0.4, 0.5) is 5.69 Å². The van der Waals surface area contributed by atoms with Gasteiger partial charge >= 0.3 is 5.69 Å². The van der Waals surface area contributed by atoms with Crippen LogP contribution in [-0.2, 0) is 0 Å². The Morgan fingerprint density at radius 3 is 2.62 bits per heavy atom. The summed E-state index contributed by atoms with van der Waals surface area (Å²) in [5, 5.41) is 23.3. The molecule has 0 aliphatic heterocycles. The Hall–Kier alpha value is -2.15. The fourth-order valence-corrected chi connectivity index (χ4v) is 1.61. The Kier molecular flexibility index (Phi) is 5.26. The van der Waals surface area contributed by atoms with E-state index in [9.17, 15) is 20.0 Å². The second kappa shape index (κ2) is 6.53. The van der Waals surface area contributed by atoms with Gasteiger partial charge in [0, 0.05) is 6.07 Å². The molecule has 21 heavy (non-hydrogen) atoms. The lowest BCUT2D eigenvalue weighted by molar-refractivity contribution is -0.385. The third kappa shape index (κ3) is 3.91. The van der Waals surface area contributed by atoms with Gasteiger partial charge < -0.3 is 15.2 Å². The zero-order valence-electron chi connectivity index (χ0n) is 12.5. The number of amides is 1. The molecule has 0 aliphatic rings. The van der Waals surface area contributed by atoms with Crippen molar-refractivity contribution < 1.29 is 19.6 Å². The largest absolute Gasteiger partial charge is 0.487 e. The summed E-state index contributed by atoms with van der Waals surface area (Å²) in [6, 6.07) is 4.15. The van der Waals surface area contributed by atoms with Crippen LogP contribution < -0.4 is 10.1 Å². The second-order valence-electron chi connectivity index (χ2n) is 5.20. The number of aliphatic hydroxyl groups excluding tert-OH is 1. The highest BCUT2D eigenvalue weighted by molar-refractivity contribution is 5.98. The number of ether oxygens (including phenoxy) is 1. The average molecular weight is 296 g/mol. The number of carbonyl (C=O) groups is 1. The van der Waals surface area contributed by atoms with Crippen LogP contribution in [0.15, 0.2) is 18.2 Å². The Morgan fingerprint density at radius 2 is 2.14 bits per heavy atom. The van der Waals surface area contributed by atoms with Crippen molar-refractivity contribution in [1.29, 1.82) is 0 Å². The number of rotatable bonds is 6. The van der Waals surface area contributed by atoms with Gasteiger partial charge in [0.2, 0.25) is 5.75 Å². The van der Waals surface area contributed by atoms with E-state index in [4.69, 9.17) is 4.74 Å². The number of benzene rings is 1. The molecule has 1 amide bonds. The molecule has 0 aromatic heterocycles. The molecule has 0 radical (unpaired) electrons. The number of nitro groups is 1. The van der Waals surface area contributed by atoms with E-state index in [1.807, 2.05) is 0 Å². The van der Waals surface area contributed by atoms with Crippen LogP contribution in [0.1, 0.15) is 38.1 Å². The SMILES string of the molecule is CCOc1c(C(=O)NC(C)(C)C(C)O)cccc1[N+](=O)[O-]. The maximum absolute atomic E-state index is 12.3. The normalized spacial score (nSPS) is 12.6. The topological polar surface area (TPSA) is 102 Å². The molecule has 1 unspecified atom stereocenters. The summed E-state index contributed by atoms with van der Waals surface area (Å²) < 4.78 is 5.26. The number of hydrogen-bond acceptors (Lipinski definition) is 5. The maximum Gasteiger partial charge on any atom is 0.311 e. The zero-order chi connectivity index (χ0) is 16.2. The molecule has 7 heteroatoms. The van der Waals surface area contributed by atoms with Crippen molar-refractivity contribution in [2.45, 2.75) is 39.3 Å². The first-order valence-electron chi connectivity index (χ1n) is 6.61. The first-order valence-corrected chi connectivity index (χ1v) is 6.61. The first kappa shape index (κ1) is 16.9. The number of carbonyl (C=O) groups excluding carboxylic acids is 1. The lowest BCUT2D eigenvalue weighted by Crippen LogP contribution is -2.51. The molecule has 0 spiro atoms. The van der Waals surface area contributed by atoms with E-state index in [2.05, 4.69) is 5.32 Å². The zero-order valence-corrected chi connectivity index (χ0v) is 12.5. The third-order valence-corrected chi connectivity index (χ3v) is 3.20. The molecule has 1 aromatic carbocycles. The fourth-order valence-electron chi connectivity index (χ4n) is 1.61. The van der Waals surface area contributed by atoms with E-state index in [1.165, 1.54) is 18.2 Å². The number of nitrogens with one attached hydrogen (secondary N) is 1. The van der Waals surface area contributed by atoms with Crippen molar-refractivity contribution in [2.24, 2.45) is 0 Å². The summed E-state index contributed by atoms with van der Waals surface area (Å²) in [5.41, 5.74) is -1.07. The van der Waals surface area contributed by atoms with E-state index in [-0.39, 0.29) is 23.6 Å². The predicted octanol–water partition coefficient (Wildman–Crippen LogP) is 1.88.